The molecule has 3 aliphatic heterocycles. The summed E-state index contributed by atoms with van der Waals surface area (Å²) >= 11 is 1.28. The van der Waals surface area contributed by atoms with Gasteiger partial charge in [0.05, 0.1) is 36.0 Å². The van der Waals surface area contributed by atoms with Crippen molar-refractivity contribution >= 4 is 45.0 Å². The molecule has 3 aliphatic rings. The second-order valence-electron chi connectivity index (χ2n) is 11.5. The van der Waals surface area contributed by atoms with E-state index >= 15 is 0 Å². The first-order valence-corrected chi connectivity index (χ1v) is 14.8. The summed E-state index contributed by atoms with van der Waals surface area (Å²) in [7, 11) is 1.91. The van der Waals surface area contributed by atoms with Gasteiger partial charge in [0.15, 0.2) is 10.8 Å². The minimum absolute atomic E-state index is 0.0210. The molecule has 7 rings (SSSR count). The summed E-state index contributed by atoms with van der Waals surface area (Å²) in [6, 6.07) is 10.4. The smallest absolute Gasteiger partial charge is 0.320 e. The standard InChI is InChI=1S/C29H30FN9O2S/c1-4-39-26(35(3)27-33-24(23(10-31)42-27)18-5-7-19(30)8-6-18)21-9-22(17(2)32-25(21)34-39)37-13-29(14-37)15-38(16-29)28(41)36-11-20(40)12-36/h5-9,20,40H,4,11-16H2,1-3H3. The number of likely N-dealkylation sites (tertiary alicyclic amines) is 2. The molecule has 0 saturated carbocycles. The molecule has 6 heterocycles. The van der Waals surface area contributed by atoms with Crippen molar-refractivity contribution in [2.75, 3.05) is 56.1 Å². The van der Waals surface area contributed by atoms with E-state index < -0.39 is 6.10 Å². The second-order valence-corrected chi connectivity index (χ2v) is 12.5. The summed E-state index contributed by atoms with van der Waals surface area (Å²) in [4.78, 5) is 30.5. The van der Waals surface area contributed by atoms with Crippen molar-refractivity contribution in [3.63, 3.8) is 0 Å². The lowest BCUT2D eigenvalue weighted by Crippen LogP contribution is -2.75. The Morgan fingerprint density at radius 2 is 1.90 bits per heavy atom. The number of carbonyl (C=O) groups excluding carboxylic acids is 1. The maximum atomic E-state index is 13.5. The number of thiazole rings is 1. The Morgan fingerprint density at radius 3 is 2.55 bits per heavy atom. The Kier molecular flexibility index (Phi) is 6.11. The molecule has 42 heavy (non-hydrogen) atoms. The molecule has 1 aromatic carbocycles. The molecular weight excluding hydrogens is 557 g/mol. The van der Waals surface area contributed by atoms with Crippen molar-refractivity contribution in [3.8, 4) is 17.3 Å². The van der Waals surface area contributed by atoms with E-state index in [0.29, 0.717) is 46.5 Å². The van der Waals surface area contributed by atoms with E-state index in [2.05, 4.69) is 17.0 Å². The molecule has 0 aliphatic carbocycles. The SMILES string of the molecule is CCn1nc2nc(C)c(N3CC4(CN(C(=O)N5CC(O)C5)C4)C3)cc2c1N(C)c1nc(-c2ccc(F)cc2)c(C#N)s1. The van der Waals surface area contributed by atoms with Crippen LogP contribution in [0.15, 0.2) is 30.3 Å². The molecule has 0 bridgehead atoms. The number of urea groups is 1. The van der Waals surface area contributed by atoms with Crippen LogP contribution in [0.2, 0.25) is 0 Å². The Balaban J connectivity index is 1.15. The number of benzene rings is 1. The molecule has 3 fully saturated rings. The fourth-order valence-electron chi connectivity index (χ4n) is 6.28. The topological polar surface area (TPSA) is 118 Å². The molecule has 0 radical (unpaired) electrons. The zero-order valence-electron chi connectivity index (χ0n) is 23.6. The number of hydrogen-bond acceptors (Lipinski definition) is 9. The molecule has 216 valence electrons. The Hall–Kier alpha value is -4.28. The highest BCUT2D eigenvalue weighted by atomic mass is 32.1. The number of pyridine rings is 1. The summed E-state index contributed by atoms with van der Waals surface area (Å²) < 4.78 is 15.4. The number of fused-ring (bicyclic) bond motifs is 1. The number of halogens is 1. The third-order valence-corrected chi connectivity index (χ3v) is 9.49. The zero-order chi connectivity index (χ0) is 29.3. The molecule has 11 nitrogen and oxygen atoms in total. The second kappa shape index (κ2) is 9.64. The third kappa shape index (κ3) is 4.16. The van der Waals surface area contributed by atoms with Gasteiger partial charge in [0, 0.05) is 50.7 Å². The molecule has 4 aromatic rings. The number of aryl methyl sites for hydroxylation is 2. The number of β-amino-alcohol motifs (C(OH)–C–C–N with tert-alkyl or cyclic N) is 1. The normalized spacial score (nSPS) is 17.7. The first kappa shape index (κ1) is 26.6. The summed E-state index contributed by atoms with van der Waals surface area (Å²) in [6.07, 6.45) is -0.393. The highest BCUT2D eigenvalue weighted by molar-refractivity contribution is 7.16. The van der Waals surface area contributed by atoms with Crippen molar-refractivity contribution in [2.45, 2.75) is 26.5 Å². The number of nitriles is 1. The van der Waals surface area contributed by atoms with Crippen molar-refractivity contribution < 1.29 is 14.3 Å². The van der Waals surface area contributed by atoms with Gasteiger partial charge in [-0.05, 0) is 44.2 Å². The van der Waals surface area contributed by atoms with Crippen LogP contribution in [0, 0.1) is 29.5 Å². The highest BCUT2D eigenvalue weighted by Crippen LogP contribution is 2.45. The van der Waals surface area contributed by atoms with Gasteiger partial charge in [0.1, 0.15) is 28.3 Å². The average Bonchev–Trinajstić information content (AvgIpc) is 3.51. The van der Waals surface area contributed by atoms with Gasteiger partial charge in [0.25, 0.3) is 0 Å². The molecular formula is C29H30FN9O2S. The van der Waals surface area contributed by atoms with E-state index in [0.717, 1.165) is 48.8 Å². The third-order valence-electron chi connectivity index (χ3n) is 8.46. The minimum Gasteiger partial charge on any atom is -0.389 e. The number of anilines is 3. The van der Waals surface area contributed by atoms with Crippen molar-refractivity contribution in [3.05, 3.63) is 46.7 Å². The van der Waals surface area contributed by atoms with Crippen LogP contribution in [-0.2, 0) is 6.54 Å². The first-order chi connectivity index (χ1) is 20.2. The van der Waals surface area contributed by atoms with Gasteiger partial charge in [-0.25, -0.2) is 23.8 Å². The van der Waals surface area contributed by atoms with Crippen LogP contribution in [-0.4, -0.2) is 93.1 Å². The molecule has 0 atom stereocenters. The predicted octanol–water partition coefficient (Wildman–Crippen LogP) is 3.58. The number of aliphatic hydroxyl groups is 1. The highest BCUT2D eigenvalue weighted by Gasteiger charge is 2.54. The molecule has 0 unspecified atom stereocenters. The van der Waals surface area contributed by atoms with Crippen LogP contribution in [0.1, 0.15) is 17.5 Å². The number of hydrogen-bond donors (Lipinski definition) is 1. The van der Waals surface area contributed by atoms with Gasteiger partial charge in [-0.1, -0.05) is 11.3 Å². The Labute approximate surface area is 246 Å². The maximum absolute atomic E-state index is 13.5. The molecule has 3 aromatic heterocycles. The van der Waals surface area contributed by atoms with E-state index in [9.17, 15) is 19.6 Å². The minimum atomic E-state index is -0.393. The van der Waals surface area contributed by atoms with Crippen LogP contribution >= 0.6 is 11.3 Å². The summed E-state index contributed by atoms with van der Waals surface area (Å²) in [5.74, 6) is 0.489. The van der Waals surface area contributed by atoms with Crippen LogP contribution < -0.4 is 9.80 Å². The molecule has 1 N–H and O–H groups in total. The molecule has 2 amide bonds. The van der Waals surface area contributed by atoms with E-state index in [1.165, 1.54) is 23.5 Å². The van der Waals surface area contributed by atoms with Gasteiger partial charge in [-0.15, -0.1) is 0 Å². The number of rotatable bonds is 5. The van der Waals surface area contributed by atoms with Gasteiger partial charge < -0.3 is 24.7 Å². The summed E-state index contributed by atoms with van der Waals surface area (Å²) in [5, 5.41) is 25.6. The van der Waals surface area contributed by atoms with Gasteiger partial charge >= 0.3 is 6.03 Å². The zero-order valence-corrected chi connectivity index (χ0v) is 24.4. The fraction of sp³-hybridized carbons (Fsp3) is 0.414. The number of aromatic nitrogens is 4. The Morgan fingerprint density at radius 1 is 1.19 bits per heavy atom. The van der Waals surface area contributed by atoms with E-state index in [-0.39, 0.29) is 17.3 Å². The summed E-state index contributed by atoms with van der Waals surface area (Å²) in [6.45, 7) is 8.64. The molecule has 13 heteroatoms. The first-order valence-electron chi connectivity index (χ1n) is 13.9. The van der Waals surface area contributed by atoms with Crippen LogP contribution in [0.25, 0.3) is 22.3 Å². The largest absolute Gasteiger partial charge is 0.389 e. The van der Waals surface area contributed by atoms with Crippen molar-refractivity contribution in [1.29, 1.82) is 5.26 Å². The van der Waals surface area contributed by atoms with Gasteiger partial charge in [0.2, 0.25) is 0 Å². The number of amides is 2. The quantitative estimate of drug-likeness (QED) is 0.377. The number of carbonyl (C=O) groups is 1. The van der Waals surface area contributed by atoms with Crippen LogP contribution in [0.5, 0.6) is 0 Å². The Bertz CT molecular complexity index is 1740. The lowest BCUT2D eigenvalue weighted by atomic mass is 9.72. The van der Waals surface area contributed by atoms with Crippen LogP contribution in [0.3, 0.4) is 0 Å². The van der Waals surface area contributed by atoms with E-state index in [4.69, 9.17) is 15.1 Å². The lowest BCUT2D eigenvalue weighted by Gasteiger charge is -2.61. The van der Waals surface area contributed by atoms with E-state index in [1.807, 2.05) is 35.4 Å². The monoisotopic (exact) mass is 587 g/mol. The predicted molar refractivity (Wildman–Crippen MR) is 157 cm³/mol. The summed E-state index contributed by atoms with van der Waals surface area (Å²) in [5.41, 5.74) is 3.88. The van der Waals surface area contributed by atoms with Crippen LogP contribution in [0.4, 0.5) is 25.8 Å². The lowest BCUT2D eigenvalue weighted by molar-refractivity contribution is -0.0329. The fourth-order valence-corrected chi connectivity index (χ4v) is 7.13. The van der Waals surface area contributed by atoms with Crippen molar-refractivity contribution in [2.24, 2.45) is 5.41 Å². The van der Waals surface area contributed by atoms with Gasteiger partial charge in [-0.3, -0.25) is 0 Å². The van der Waals surface area contributed by atoms with E-state index in [1.54, 1.807) is 17.0 Å². The molecule has 1 spiro atoms. The maximum Gasteiger partial charge on any atom is 0.320 e. The van der Waals surface area contributed by atoms with Gasteiger partial charge in [-0.2, -0.15) is 10.4 Å². The van der Waals surface area contributed by atoms with Crippen molar-refractivity contribution in [1.82, 2.24) is 29.5 Å². The number of nitrogens with zero attached hydrogens (tertiary/aromatic N) is 9. The molecule has 3 saturated heterocycles. The average molecular weight is 588 g/mol. The number of aliphatic hydroxyl groups excluding tert-OH is 1.